The second-order valence-corrected chi connectivity index (χ2v) is 7.51. The maximum atomic E-state index is 6.17. The highest BCUT2D eigenvalue weighted by Crippen LogP contribution is 2.41. The van der Waals surface area contributed by atoms with E-state index in [2.05, 4.69) is 9.55 Å². The summed E-state index contributed by atoms with van der Waals surface area (Å²) in [5.74, 6) is 0. The van der Waals surface area contributed by atoms with Crippen molar-refractivity contribution in [3.8, 4) is 0 Å². The zero-order valence-electron chi connectivity index (χ0n) is 14.2. The first-order chi connectivity index (χ1) is 13.1. The van der Waals surface area contributed by atoms with Gasteiger partial charge in [0.2, 0.25) is 0 Å². The lowest BCUT2D eigenvalue weighted by molar-refractivity contribution is 0.514. The average molecular weight is 414 g/mol. The highest BCUT2D eigenvalue weighted by Gasteiger charge is 2.38. The predicted octanol–water partition coefficient (Wildman–Crippen LogP) is 6.68. The summed E-state index contributed by atoms with van der Waals surface area (Å²) < 4.78 is 2.09. The molecule has 0 atom stereocenters. The summed E-state index contributed by atoms with van der Waals surface area (Å²) in [6, 6.07) is 23.6. The molecule has 1 heterocycles. The second kappa shape index (κ2) is 7.40. The van der Waals surface area contributed by atoms with Gasteiger partial charge < -0.3 is 4.57 Å². The molecular weight excluding hydrogens is 399 g/mol. The van der Waals surface area contributed by atoms with Gasteiger partial charge in [-0.2, -0.15) is 0 Å². The van der Waals surface area contributed by atoms with Crippen LogP contribution in [0.4, 0.5) is 0 Å². The lowest BCUT2D eigenvalue weighted by Gasteiger charge is -2.37. The monoisotopic (exact) mass is 412 g/mol. The first-order valence-electron chi connectivity index (χ1n) is 8.37. The molecule has 0 saturated heterocycles. The summed E-state index contributed by atoms with van der Waals surface area (Å²) in [4.78, 5) is 4.30. The zero-order valence-corrected chi connectivity index (χ0v) is 16.5. The van der Waals surface area contributed by atoms with Crippen LogP contribution in [0.3, 0.4) is 0 Å². The summed E-state index contributed by atoms with van der Waals surface area (Å²) in [5, 5.41) is 2.06. The minimum Gasteiger partial charge on any atom is -0.319 e. The largest absolute Gasteiger partial charge is 0.319 e. The molecule has 27 heavy (non-hydrogen) atoms. The Morgan fingerprint density at radius 2 is 0.963 bits per heavy atom. The van der Waals surface area contributed by atoms with Crippen LogP contribution in [0.15, 0.2) is 91.5 Å². The predicted molar refractivity (Wildman–Crippen MR) is 112 cm³/mol. The van der Waals surface area contributed by atoms with Crippen LogP contribution < -0.4 is 0 Å². The number of imidazole rings is 1. The summed E-state index contributed by atoms with van der Waals surface area (Å²) in [6.45, 7) is 0. The molecule has 5 heteroatoms. The van der Waals surface area contributed by atoms with Gasteiger partial charge in [0.1, 0.15) is 5.54 Å². The van der Waals surface area contributed by atoms with Gasteiger partial charge in [-0.3, -0.25) is 0 Å². The molecule has 0 radical (unpaired) electrons. The number of halogens is 3. The maximum Gasteiger partial charge on any atom is 0.121 e. The molecule has 4 rings (SSSR count). The van der Waals surface area contributed by atoms with Gasteiger partial charge in [-0.05, 0) is 53.1 Å². The first-order valence-corrected chi connectivity index (χ1v) is 9.50. The third-order valence-electron chi connectivity index (χ3n) is 4.68. The molecule has 0 spiro atoms. The number of aromatic nitrogens is 2. The van der Waals surface area contributed by atoms with Gasteiger partial charge >= 0.3 is 0 Å². The van der Waals surface area contributed by atoms with Gasteiger partial charge in [-0.1, -0.05) is 71.2 Å². The van der Waals surface area contributed by atoms with Crippen molar-refractivity contribution in [1.82, 2.24) is 9.55 Å². The SMILES string of the molecule is Clc1ccc(C(c2ccc(Cl)cc2)(c2ccc(Cl)cc2)n2ccnc2)cc1. The quantitative estimate of drug-likeness (QED) is 0.341. The van der Waals surface area contributed by atoms with Gasteiger partial charge in [-0.15, -0.1) is 0 Å². The molecule has 0 aliphatic heterocycles. The standard InChI is InChI=1S/C22H15Cl3N2/c23-19-7-1-16(2-8-19)22(27-14-13-26-15-27,17-3-9-20(24)10-4-17)18-5-11-21(25)12-6-18/h1-15H. The topological polar surface area (TPSA) is 17.8 Å². The molecule has 0 unspecified atom stereocenters. The summed E-state index contributed by atoms with van der Waals surface area (Å²) in [5.41, 5.74) is 2.51. The van der Waals surface area contributed by atoms with E-state index in [0.717, 1.165) is 16.7 Å². The van der Waals surface area contributed by atoms with Gasteiger partial charge in [0.05, 0.1) is 6.33 Å². The molecule has 0 N–H and O–H groups in total. The molecule has 2 nitrogen and oxygen atoms in total. The Balaban J connectivity index is 2.09. The van der Waals surface area contributed by atoms with E-state index in [0.29, 0.717) is 15.1 Å². The number of hydrogen-bond acceptors (Lipinski definition) is 1. The molecule has 0 amide bonds. The van der Waals surface area contributed by atoms with Crippen molar-refractivity contribution in [1.29, 1.82) is 0 Å². The second-order valence-electron chi connectivity index (χ2n) is 6.20. The van der Waals surface area contributed by atoms with Crippen LogP contribution >= 0.6 is 34.8 Å². The van der Waals surface area contributed by atoms with Crippen LogP contribution in [0, 0.1) is 0 Å². The number of nitrogens with zero attached hydrogens (tertiary/aromatic N) is 2. The van der Waals surface area contributed by atoms with Crippen LogP contribution in [0.2, 0.25) is 15.1 Å². The Hall–Kier alpha value is -2.26. The number of hydrogen-bond donors (Lipinski definition) is 0. The Kier molecular flexibility index (Phi) is 4.96. The van der Waals surface area contributed by atoms with Gasteiger partial charge in [0.15, 0.2) is 0 Å². The third-order valence-corrected chi connectivity index (χ3v) is 5.43. The van der Waals surface area contributed by atoms with Crippen LogP contribution in [0.5, 0.6) is 0 Å². The molecule has 134 valence electrons. The van der Waals surface area contributed by atoms with E-state index in [-0.39, 0.29) is 0 Å². The third kappa shape index (κ3) is 3.25. The number of benzene rings is 3. The molecule has 3 aromatic carbocycles. The normalized spacial score (nSPS) is 11.5. The van der Waals surface area contributed by atoms with E-state index in [1.54, 1.807) is 6.20 Å². The number of rotatable bonds is 4. The maximum absolute atomic E-state index is 6.17. The Labute approximate surface area is 173 Å². The minimum atomic E-state index is -0.643. The molecule has 0 aliphatic carbocycles. The van der Waals surface area contributed by atoms with E-state index >= 15 is 0 Å². The van der Waals surface area contributed by atoms with Gasteiger partial charge in [-0.25, -0.2) is 4.98 Å². The van der Waals surface area contributed by atoms with Crippen molar-refractivity contribution >= 4 is 34.8 Å². The summed E-state index contributed by atoms with van der Waals surface area (Å²) in [6.07, 6.45) is 5.55. The van der Waals surface area contributed by atoms with Crippen LogP contribution in [-0.2, 0) is 5.54 Å². The van der Waals surface area contributed by atoms with Crippen molar-refractivity contribution in [2.24, 2.45) is 0 Å². The summed E-state index contributed by atoms with van der Waals surface area (Å²) >= 11 is 18.5. The lowest BCUT2D eigenvalue weighted by Crippen LogP contribution is -2.36. The van der Waals surface area contributed by atoms with Crippen LogP contribution in [0.25, 0.3) is 0 Å². The molecular formula is C22H15Cl3N2. The van der Waals surface area contributed by atoms with Crippen molar-refractivity contribution in [3.63, 3.8) is 0 Å². The Morgan fingerprint density at radius 3 is 1.26 bits per heavy atom. The fourth-order valence-electron chi connectivity index (χ4n) is 3.48. The summed E-state index contributed by atoms with van der Waals surface area (Å²) in [7, 11) is 0. The molecule has 1 aromatic heterocycles. The van der Waals surface area contributed by atoms with Crippen molar-refractivity contribution in [2.75, 3.05) is 0 Å². The van der Waals surface area contributed by atoms with E-state index in [4.69, 9.17) is 34.8 Å². The van der Waals surface area contributed by atoms with Crippen molar-refractivity contribution in [3.05, 3.63) is 123 Å². The Bertz CT molecular complexity index is 912. The highest BCUT2D eigenvalue weighted by molar-refractivity contribution is 6.31. The smallest absolute Gasteiger partial charge is 0.121 e. The van der Waals surface area contributed by atoms with Crippen LogP contribution in [0.1, 0.15) is 16.7 Å². The molecule has 0 aliphatic rings. The fraction of sp³-hybridized carbons (Fsp3) is 0.0455. The van der Waals surface area contributed by atoms with Crippen molar-refractivity contribution in [2.45, 2.75) is 5.54 Å². The lowest BCUT2D eigenvalue weighted by atomic mass is 9.77. The van der Waals surface area contributed by atoms with Gasteiger partial charge in [0, 0.05) is 27.5 Å². The Morgan fingerprint density at radius 1 is 0.593 bits per heavy atom. The molecule has 0 bridgehead atoms. The molecule has 4 aromatic rings. The van der Waals surface area contributed by atoms with Crippen LogP contribution in [-0.4, -0.2) is 9.55 Å². The molecule has 0 saturated carbocycles. The van der Waals surface area contributed by atoms with E-state index in [1.807, 2.05) is 85.3 Å². The van der Waals surface area contributed by atoms with Gasteiger partial charge in [0.25, 0.3) is 0 Å². The average Bonchev–Trinajstić information content (AvgIpc) is 3.21. The van der Waals surface area contributed by atoms with Crippen molar-refractivity contribution < 1.29 is 0 Å². The van der Waals surface area contributed by atoms with E-state index in [9.17, 15) is 0 Å². The van der Waals surface area contributed by atoms with E-state index in [1.165, 1.54) is 0 Å². The van der Waals surface area contributed by atoms with E-state index < -0.39 is 5.54 Å². The fourth-order valence-corrected chi connectivity index (χ4v) is 3.86. The first kappa shape index (κ1) is 18.1. The minimum absolute atomic E-state index is 0.643. The highest BCUT2D eigenvalue weighted by atomic mass is 35.5. The molecule has 0 fully saturated rings. The zero-order chi connectivity index (χ0) is 18.9.